The first-order valence-electron chi connectivity index (χ1n) is 6.19. The predicted molar refractivity (Wildman–Crippen MR) is 77.9 cm³/mol. The van der Waals surface area contributed by atoms with E-state index in [1.54, 1.807) is 32.2 Å². The second-order valence-corrected chi connectivity index (χ2v) is 6.72. The Labute approximate surface area is 120 Å². The van der Waals surface area contributed by atoms with Gasteiger partial charge in [0, 0.05) is 24.8 Å². The zero-order valence-corrected chi connectivity index (χ0v) is 12.8. The van der Waals surface area contributed by atoms with Gasteiger partial charge in [-0.1, -0.05) is 23.7 Å². The number of benzene rings is 1. The van der Waals surface area contributed by atoms with Crippen molar-refractivity contribution in [3.8, 4) is 0 Å². The van der Waals surface area contributed by atoms with Gasteiger partial charge in [0.15, 0.2) is 0 Å². The summed E-state index contributed by atoms with van der Waals surface area (Å²) in [6.07, 6.45) is 1.33. The SMILES string of the molecule is COCCCCS(=O)(=O)N[C@H](C)c1cccc(Cl)c1. The first-order valence-corrected chi connectivity index (χ1v) is 8.22. The van der Waals surface area contributed by atoms with Crippen molar-refractivity contribution in [2.45, 2.75) is 25.8 Å². The molecule has 0 saturated heterocycles. The minimum atomic E-state index is -3.27. The molecule has 0 spiro atoms. The van der Waals surface area contributed by atoms with E-state index in [0.29, 0.717) is 18.1 Å². The standard InChI is InChI=1S/C13H20ClNO3S/c1-11(12-6-5-7-13(14)10-12)15-19(16,17)9-4-3-8-18-2/h5-7,10-11,15H,3-4,8-9H2,1-2H3/t11-/m1/s1. The molecule has 0 heterocycles. The number of hydrogen-bond acceptors (Lipinski definition) is 3. The van der Waals surface area contributed by atoms with Crippen molar-refractivity contribution in [2.75, 3.05) is 19.5 Å². The monoisotopic (exact) mass is 305 g/mol. The number of halogens is 1. The highest BCUT2D eigenvalue weighted by molar-refractivity contribution is 7.89. The average Bonchev–Trinajstić information content (AvgIpc) is 2.34. The van der Waals surface area contributed by atoms with Crippen molar-refractivity contribution in [1.82, 2.24) is 4.72 Å². The quantitative estimate of drug-likeness (QED) is 0.751. The van der Waals surface area contributed by atoms with Crippen molar-refractivity contribution in [1.29, 1.82) is 0 Å². The van der Waals surface area contributed by atoms with E-state index < -0.39 is 10.0 Å². The Kier molecular flexibility index (Phi) is 6.79. The molecule has 1 N–H and O–H groups in total. The second kappa shape index (κ2) is 7.85. The third-order valence-electron chi connectivity index (χ3n) is 2.72. The van der Waals surface area contributed by atoms with Crippen LogP contribution in [-0.2, 0) is 14.8 Å². The van der Waals surface area contributed by atoms with E-state index in [4.69, 9.17) is 16.3 Å². The summed E-state index contributed by atoms with van der Waals surface area (Å²) in [5.74, 6) is 0.112. The summed E-state index contributed by atoms with van der Waals surface area (Å²) >= 11 is 5.89. The van der Waals surface area contributed by atoms with Crippen LogP contribution in [0.2, 0.25) is 5.02 Å². The second-order valence-electron chi connectivity index (χ2n) is 4.41. The molecule has 1 aromatic rings. The van der Waals surface area contributed by atoms with Crippen molar-refractivity contribution in [2.24, 2.45) is 0 Å². The lowest BCUT2D eigenvalue weighted by Crippen LogP contribution is -2.29. The minimum Gasteiger partial charge on any atom is -0.385 e. The molecule has 0 aromatic heterocycles. The highest BCUT2D eigenvalue weighted by atomic mass is 35.5. The molecule has 0 unspecified atom stereocenters. The van der Waals surface area contributed by atoms with Crippen LogP contribution in [0, 0.1) is 0 Å². The Morgan fingerprint density at radius 1 is 1.37 bits per heavy atom. The smallest absolute Gasteiger partial charge is 0.212 e. The zero-order chi connectivity index (χ0) is 14.3. The van der Waals surface area contributed by atoms with Crippen LogP contribution >= 0.6 is 11.6 Å². The maximum Gasteiger partial charge on any atom is 0.212 e. The molecule has 0 radical (unpaired) electrons. The zero-order valence-electron chi connectivity index (χ0n) is 11.2. The van der Waals surface area contributed by atoms with Crippen molar-refractivity contribution >= 4 is 21.6 Å². The Bertz CT molecular complexity index is 490. The van der Waals surface area contributed by atoms with Gasteiger partial charge in [0.05, 0.1) is 5.75 Å². The Balaban J connectivity index is 2.53. The molecule has 19 heavy (non-hydrogen) atoms. The fourth-order valence-corrected chi connectivity index (χ4v) is 3.29. The van der Waals surface area contributed by atoms with Crippen LogP contribution < -0.4 is 4.72 Å². The maximum absolute atomic E-state index is 11.9. The van der Waals surface area contributed by atoms with Gasteiger partial charge in [-0.3, -0.25) is 0 Å². The van der Waals surface area contributed by atoms with Gasteiger partial charge in [-0.25, -0.2) is 13.1 Å². The number of rotatable bonds is 8. The van der Waals surface area contributed by atoms with Crippen molar-refractivity contribution < 1.29 is 13.2 Å². The van der Waals surface area contributed by atoms with E-state index in [0.717, 1.165) is 12.0 Å². The van der Waals surface area contributed by atoms with E-state index in [1.165, 1.54) is 0 Å². The molecule has 0 bridgehead atoms. The molecule has 0 aliphatic carbocycles. The summed E-state index contributed by atoms with van der Waals surface area (Å²) < 4.78 is 31.3. The van der Waals surface area contributed by atoms with Crippen molar-refractivity contribution in [3.05, 3.63) is 34.9 Å². The molecule has 1 rings (SSSR count). The van der Waals surface area contributed by atoms with Crippen LogP contribution in [0.25, 0.3) is 0 Å². The summed E-state index contributed by atoms with van der Waals surface area (Å²) in [6.45, 7) is 2.39. The minimum absolute atomic E-state index is 0.112. The summed E-state index contributed by atoms with van der Waals surface area (Å²) in [6, 6.07) is 6.90. The Morgan fingerprint density at radius 3 is 2.74 bits per heavy atom. The number of ether oxygens (including phenoxy) is 1. The average molecular weight is 306 g/mol. The number of hydrogen-bond donors (Lipinski definition) is 1. The molecule has 0 amide bonds. The fourth-order valence-electron chi connectivity index (χ4n) is 1.71. The first-order chi connectivity index (χ1) is 8.94. The number of nitrogens with one attached hydrogen (secondary N) is 1. The van der Waals surface area contributed by atoms with Crippen LogP contribution in [-0.4, -0.2) is 27.9 Å². The van der Waals surface area contributed by atoms with E-state index >= 15 is 0 Å². The summed E-state index contributed by atoms with van der Waals surface area (Å²) in [5, 5.41) is 0.601. The van der Waals surface area contributed by atoms with Gasteiger partial charge >= 0.3 is 0 Å². The molecule has 0 fully saturated rings. The highest BCUT2D eigenvalue weighted by Crippen LogP contribution is 2.18. The molecule has 1 aromatic carbocycles. The molecule has 0 aliphatic rings. The number of methoxy groups -OCH3 is 1. The van der Waals surface area contributed by atoms with Gasteiger partial charge in [0.25, 0.3) is 0 Å². The van der Waals surface area contributed by atoms with Crippen LogP contribution in [0.5, 0.6) is 0 Å². The molecule has 6 heteroatoms. The Hall–Kier alpha value is -0.620. The van der Waals surface area contributed by atoms with Crippen LogP contribution in [0.4, 0.5) is 0 Å². The van der Waals surface area contributed by atoms with E-state index in [-0.39, 0.29) is 11.8 Å². The molecular formula is C13H20ClNO3S. The third kappa shape index (κ3) is 6.38. The molecular weight excluding hydrogens is 286 g/mol. The van der Waals surface area contributed by atoms with Gasteiger partial charge in [0.2, 0.25) is 10.0 Å². The molecule has 0 saturated carbocycles. The van der Waals surface area contributed by atoms with Gasteiger partial charge in [-0.15, -0.1) is 0 Å². The molecule has 1 atom stereocenters. The normalized spacial score (nSPS) is 13.4. The van der Waals surface area contributed by atoms with E-state index in [2.05, 4.69) is 4.72 Å². The fraction of sp³-hybridized carbons (Fsp3) is 0.538. The lowest BCUT2D eigenvalue weighted by atomic mass is 10.1. The van der Waals surface area contributed by atoms with Crippen LogP contribution in [0.15, 0.2) is 24.3 Å². The summed E-state index contributed by atoms with van der Waals surface area (Å²) in [5.41, 5.74) is 0.855. The largest absolute Gasteiger partial charge is 0.385 e. The van der Waals surface area contributed by atoms with Crippen LogP contribution in [0.1, 0.15) is 31.4 Å². The molecule has 0 aliphatic heterocycles. The van der Waals surface area contributed by atoms with Crippen LogP contribution in [0.3, 0.4) is 0 Å². The molecule has 108 valence electrons. The topological polar surface area (TPSA) is 55.4 Å². The van der Waals surface area contributed by atoms with Gasteiger partial charge in [-0.2, -0.15) is 0 Å². The van der Waals surface area contributed by atoms with E-state index in [1.807, 2.05) is 6.07 Å². The van der Waals surface area contributed by atoms with Crippen molar-refractivity contribution in [3.63, 3.8) is 0 Å². The number of unbranched alkanes of at least 4 members (excludes halogenated alkanes) is 1. The van der Waals surface area contributed by atoms with E-state index in [9.17, 15) is 8.42 Å². The summed E-state index contributed by atoms with van der Waals surface area (Å²) in [4.78, 5) is 0. The Morgan fingerprint density at radius 2 is 2.11 bits per heavy atom. The lowest BCUT2D eigenvalue weighted by Gasteiger charge is -2.14. The maximum atomic E-state index is 11.9. The van der Waals surface area contributed by atoms with Gasteiger partial charge < -0.3 is 4.74 Å². The first kappa shape index (κ1) is 16.4. The lowest BCUT2D eigenvalue weighted by molar-refractivity contribution is 0.194. The number of sulfonamides is 1. The third-order valence-corrected chi connectivity index (χ3v) is 4.49. The highest BCUT2D eigenvalue weighted by Gasteiger charge is 2.15. The van der Waals surface area contributed by atoms with Gasteiger partial charge in [-0.05, 0) is 37.5 Å². The predicted octanol–water partition coefficient (Wildman–Crippen LogP) is 2.75. The molecule has 4 nitrogen and oxygen atoms in total. The summed E-state index contributed by atoms with van der Waals surface area (Å²) in [7, 11) is -1.67. The van der Waals surface area contributed by atoms with Gasteiger partial charge in [0.1, 0.15) is 0 Å².